The topological polar surface area (TPSA) is 62.3 Å². The minimum absolute atomic E-state index is 0.154. The van der Waals surface area contributed by atoms with Crippen LogP contribution in [0.5, 0.6) is 0 Å². The fourth-order valence-corrected chi connectivity index (χ4v) is 5.84. The number of sulfonamides is 1. The molecule has 1 unspecified atom stereocenters. The van der Waals surface area contributed by atoms with Gasteiger partial charge in [-0.3, -0.25) is 4.98 Å². The van der Waals surface area contributed by atoms with Gasteiger partial charge in [0.25, 0.3) is 0 Å². The zero-order valence-electron chi connectivity index (χ0n) is 15.3. The molecule has 2 aromatic carbocycles. The molecule has 0 aliphatic carbocycles. The molecule has 0 saturated carbocycles. The van der Waals surface area contributed by atoms with Crippen LogP contribution in [0.3, 0.4) is 0 Å². The monoisotopic (exact) mass is 391 g/mol. The van der Waals surface area contributed by atoms with Crippen LogP contribution in [0.25, 0.3) is 11.1 Å². The molecular formula is C22H21N3O2S. The van der Waals surface area contributed by atoms with Crippen LogP contribution < -0.4 is 5.32 Å². The maximum Gasteiger partial charge on any atom is 0.243 e. The summed E-state index contributed by atoms with van der Waals surface area (Å²) >= 11 is 0. The molecule has 28 heavy (non-hydrogen) atoms. The minimum atomic E-state index is -3.43. The van der Waals surface area contributed by atoms with Crippen molar-refractivity contribution < 1.29 is 8.42 Å². The second-order valence-electron chi connectivity index (χ2n) is 7.40. The van der Waals surface area contributed by atoms with Gasteiger partial charge in [0.05, 0.1) is 4.90 Å². The van der Waals surface area contributed by atoms with E-state index in [2.05, 4.69) is 34.6 Å². The lowest BCUT2D eigenvalue weighted by Gasteiger charge is -2.54. The lowest BCUT2D eigenvalue weighted by molar-refractivity contribution is 0.102. The van der Waals surface area contributed by atoms with Crippen LogP contribution in [0.2, 0.25) is 0 Å². The first kappa shape index (κ1) is 17.6. The average molecular weight is 391 g/mol. The number of pyridine rings is 1. The Labute approximate surface area is 165 Å². The number of hydrogen-bond acceptors (Lipinski definition) is 4. The van der Waals surface area contributed by atoms with E-state index in [4.69, 9.17) is 0 Å². The molecule has 0 amide bonds. The van der Waals surface area contributed by atoms with Gasteiger partial charge >= 0.3 is 0 Å². The highest BCUT2D eigenvalue weighted by Gasteiger charge is 2.49. The Morgan fingerprint density at radius 3 is 2.21 bits per heavy atom. The standard InChI is InChI=1S/C22H21N3O2S/c26-28(27,19-6-2-1-3-7-19)25-14-20-22(21(15-25)24-20)17-10-8-16(9-11-17)18-5-4-12-23-13-18/h1-13,20-22,24H,14-15H2/t20-,21+,22?. The predicted molar refractivity (Wildman–Crippen MR) is 108 cm³/mol. The summed E-state index contributed by atoms with van der Waals surface area (Å²) in [6, 6.07) is 21.6. The van der Waals surface area contributed by atoms with Crippen LogP contribution in [0.15, 0.2) is 84.0 Å². The van der Waals surface area contributed by atoms with E-state index in [1.165, 1.54) is 5.56 Å². The van der Waals surface area contributed by atoms with E-state index in [1.807, 2.05) is 24.4 Å². The molecule has 3 aromatic rings. The highest BCUT2D eigenvalue weighted by molar-refractivity contribution is 7.89. The predicted octanol–water partition coefficient (Wildman–Crippen LogP) is 2.88. The molecule has 2 bridgehead atoms. The summed E-state index contributed by atoms with van der Waals surface area (Å²) in [4.78, 5) is 4.55. The maximum absolute atomic E-state index is 12.9. The average Bonchev–Trinajstić information content (AvgIpc) is 2.75. The summed E-state index contributed by atoms with van der Waals surface area (Å²) in [6.45, 7) is 1.01. The Kier molecular flexibility index (Phi) is 4.27. The van der Waals surface area contributed by atoms with Gasteiger partial charge in [-0.25, -0.2) is 8.42 Å². The van der Waals surface area contributed by atoms with Crippen molar-refractivity contribution in [2.45, 2.75) is 22.9 Å². The number of nitrogens with zero attached hydrogens (tertiary/aromatic N) is 2. The van der Waals surface area contributed by atoms with Gasteiger partial charge in [-0.15, -0.1) is 0 Å². The maximum atomic E-state index is 12.9. The number of piperazine rings is 1. The van der Waals surface area contributed by atoms with Crippen molar-refractivity contribution in [2.75, 3.05) is 13.1 Å². The Bertz CT molecular complexity index is 1060. The van der Waals surface area contributed by atoms with Gasteiger partial charge in [0, 0.05) is 43.5 Å². The molecule has 3 aliphatic rings. The van der Waals surface area contributed by atoms with E-state index in [0.29, 0.717) is 23.9 Å². The fraction of sp³-hybridized carbons (Fsp3) is 0.227. The second kappa shape index (κ2) is 6.81. The smallest absolute Gasteiger partial charge is 0.243 e. The number of piperidine rings is 1. The second-order valence-corrected chi connectivity index (χ2v) is 9.34. The van der Waals surface area contributed by atoms with Crippen molar-refractivity contribution in [2.24, 2.45) is 0 Å². The van der Waals surface area contributed by atoms with Crippen LogP contribution >= 0.6 is 0 Å². The lowest BCUT2D eigenvalue weighted by atomic mass is 9.75. The molecule has 3 fully saturated rings. The first-order valence-corrected chi connectivity index (χ1v) is 10.9. The first-order valence-electron chi connectivity index (χ1n) is 9.44. The fourth-order valence-electron chi connectivity index (χ4n) is 4.32. The number of aromatic nitrogens is 1. The van der Waals surface area contributed by atoms with Crippen molar-refractivity contribution in [3.63, 3.8) is 0 Å². The molecule has 142 valence electrons. The third kappa shape index (κ3) is 2.94. The Hall–Kier alpha value is -2.54. The van der Waals surface area contributed by atoms with Crippen molar-refractivity contribution in [1.29, 1.82) is 0 Å². The van der Waals surface area contributed by atoms with Gasteiger partial charge < -0.3 is 5.32 Å². The van der Waals surface area contributed by atoms with Crippen LogP contribution in [-0.4, -0.2) is 42.9 Å². The molecule has 0 spiro atoms. The quantitative estimate of drug-likeness (QED) is 0.743. The Balaban J connectivity index is 1.33. The number of benzene rings is 2. The molecule has 1 aromatic heterocycles. The number of rotatable bonds is 4. The number of hydrogen-bond donors (Lipinski definition) is 1. The van der Waals surface area contributed by atoms with Crippen molar-refractivity contribution in [3.05, 3.63) is 84.7 Å². The molecule has 5 nitrogen and oxygen atoms in total. The molecular weight excluding hydrogens is 370 g/mol. The third-order valence-electron chi connectivity index (χ3n) is 5.77. The minimum Gasteiger partial charge on any atom is -0.307 e. The van der Waals surface area contributed by atoms with Crippen molar-refractivity contribution in [3.8, 4) is 11.1 Å². The van der Waals surface area contributed by atoms with E-state index in [9.17, 15) is 8.42 Å². The normalized spacial score (nSPS) is 24.5. The van der Waals surface area contributed by atoms with Crippen LogP contribution in [0.1, 0.15) is 11.5 Å². The van der Waals surface area contributed by atoms with E-state index >= 15 is 0 Å². The van der Waals surface area contributed by atoms with Crippen LogP contribution in [-0.2, 0) is 10.0 Å². The van der Waals surface area contributed by atoms with Gasteiger partial charge in [0.1, 0.15) is 0 Å². The molecule has 4 heterocycles. The van der Waals surface area contributed by atoms with Gasteiger partial charge in [-0.2, -0.15) is 4.31 Å². The third-order valence-corrected chi connectivity index (χ3v) is 7.61. The van der Waals surface area contributed by atoms with Crippen LogP contribution in [0.4, 0.5) is 0 Å². The molecule has 6 rings (SSSR count). The molecule has 6 heteroatoms. The van der Waals surface area contributed by atoms with Gasteiger partial charge in [-0.1, -0.05) is 48.5 Å². The molecule has 0 radical (unpaired) electrons. The zero-order valence-corrected chi connectivity index (χ0v) is 16.1. The summed E-state index contributed by atoms with van der Waals surface area (Å²) in [5.41, 5.74) is 3.50. The molecule has 3 saturated heterocycles. The van der Waals surface area contributed by atoms with Gasteiger partial charge in [0.15, 0.2) is 0 Å². The van der Waals surface area contributed by atoms with E-state index in [0.717, 1.165) is 11.1 Å². The molecule has 1 N–H and O–H groups in total. The van der Waals surface area contributed by atoms with Crippen molar-refractivity contribution in [1.82, 2.24) is 14.6 Å². The zero-order chi connectivity index (χ0) is 19.1. The number of nitrogens with one attached hydrogen (secondary N) is 1. The van der Waals surface area contributed by atoms with Crippen molar-refractivity contribution >= 4 is 10.0 Å². The lowest BCUT2D eigenvalue weighted by Crippen LogP contribution is -2.72. The highest BCUT2D eigenvalue weighted by Crippen LogP contribution is 2.39. The summed E-state index contributed by atoms with van der Waals surface area (Å²) in [5.74, 6) is 0.352. The van der Waals surface area contributed by atoms with Crippen LogP contribution in [0, 0.1) is 0 Å². The summed E-state index contributed by atoms with van der Waals surface area (Å²) in [7, 11) is -3.43. The first-order chi connectivity index (χ1) is 13.6. The van der Waals surface area contributed by atoms with Gasteiger partial charge in [0.2, 0.25) is 10.0 Å². The summed E-state index contributed by atoms with van der Waals surface area (Å²) < 4.78 is 27.4. The number of fused-ring (bicyclic) bond motifs is 2. The van der Waals surface area contributed by atoms with E-state index in [-0.39, 0.29) is 12.1 Å². The summed E-state index contributed by atoms with van der Waals surface area (Å²) in [5, 5.41) is 3.51. The Morgan fingerprint density at radius 1 is 0.857 bits per heavy atom. The van der Waals surface area contributed by atoms with E-state index < -0.39 is 10.0 Å². The highest BCUT2D eigenvalue weighted by atomic mass is 32.2. The summed E-state index contributed by atoms with van der Waals surface area (Å²) in [6.07, 6.45) is 3.63. The Morgan fingerprint density at radius 2 is 1.57 bits per heavy atom. The SMILES string of the molecule is O=S(=O)(c1ccccc1)N1C[C@@H]2N[C@H](C1)C2c1ccc(-c2cccnc2)cc1. The van der Waals surface area contributed by atoms with Gasteiger partial charge in [-0.05, 0) is 34.9 Å². The molecule has 3 aliphatic heterocycles. The largest absolute Gasteiger partial charge is 0.307 e. The van der Waals surface area contributed by atoms with E-state index in [1.54, 1.807) is 34.8 Å². The molecule has 3 atom stereocenters.